The first-order chi connectivity index (χ1) is 10.1. The van der Waals surface area contributed by atoms with Gasteiger partial charge in [0.05, 0.1) is 10.6 Å². The van der Waals surface area contributed by atoms with Crippen LogP contribution in [0.15, 0.2) is 42.1 Å². The van der Waals surface area contributed by atoms with E-state index in [1.165, 1.54) is 11.3 Å². The Kier molecular flexibility index (Phi) is 4.38. The Balaban J connectivity index is 2.33. The van der Waals surface area contributed by atoms with E-state index in [0.29, 0.717) is 11.3 Å². The van der Waals surface area contributed by atoms with Crippen LogP contribution < -0.4 is 17.0 Å². The number of thiophene rings is 1. The highest BCUT2D eigenvalue weighted by atomic mass is 32.1. The zero-order valence-electron chi connectivity index (χ0n) is 11.4. The normalized spacial score (nSPS) is 11.5. The summed E-state index contributed by atoms with van der Waals surface area (Å²) in [6, 6.07) is 13.0. The van der Waals surface area contributed by atoms with Gasteiger partial charge in [0.15, 0.2) is 11.5 Å². The van der Waals surface area contributed by atoms with E-state index in [0.717, 1.165) is 15.3 Å². The maximum Gasteiger partial charge on any atom is 0.169 e. The van der Waals surface area contributed by atoms with Crippen molar-refractivity contribution in [1.29, 1.82) is 5.26 Å². The molecule has 0 aliphatic carbocycles. The Hall–Kier alpha value is -2.62. The van der Waals surface area contributed by atoms with Crippen molar-refractivity contribution < 1.29 is 4.79 Å². The number of rotatable bonds is 4. The van der Waals surface area contributed by atoms with Crippen molar-refractivity contribution in [2.45, 2.75) is 6.92 Å². The third-order valence-corrected chi connectivity index (χ3v) is 4.19. The number of nitriles is 1. The molecule has 5 nitrogen and oxygen atoms in total. The van der Waals surface area contributed by atoms with Crippen LogP contribution in [0.25, 0.3) is 16.1 Å². The lowest BCUT2D eigenvalue weighted by Crippen LogP contribution is -2.23. The summed E-state index contributed by atoms with van der Waals surface area (Å²) >= 11 is 1.45. The molecule has 5 N–H and O–H groups in total. The van der Waals surface area contributed by atoms with Gasteiger partial charge in [-0.05, 0) is 24.6 Å². The highest BCUT2D eigenvalue weighted by Gasteiger charge is 2.08. The van der Waals surface area contributed by atoms with Crippen LogP contribution in [-0.2, 0) is 0 Å². The van der Waals surface area contributed by atoms with E-state index < -0.39 is 0 Å². The fourth-order valence-electron chi connectivity index (χ4n) is 1.81. The summed E-state index contributed by atoms with van der Waals surface area (Å²) in [5.74, 6) is 5.29. The second kappa shape index (κ2) is 6.22. The van der Waals surface area contributed by atoms with E-state index in [2.05, 4.69) is 5.43 Å². The zero-order valence-corrected chi connectivity index (χ0v) is 12.2. The van der Waals surface area contributed by atoms with Crippen molar-refractivity contribution in [2.24, 2.45) is 11.6 Å². The molecule has 0 radical (unpaired) electrons. The summed E-state index contributed by atoms with van der Waals surface area (Å²) in [7, 11) is 0. The second-order valence-corrected chi connectivity index (χ2v) is 5.43. The number of allylic oxidation sites excluding steroid dienone is 1. The van der Waals surface area contributed by atoms with Crippen LogP contribution in [0.5, 0.6) is 0 Å². The van der Waals surface area contributed by atoms with Crippen LogP contribution in [0, 0.1) is 11.3 Å². The highest BCUT2D eigenvalue weighted by molar-refractivity contribution is 7.17. The smallest absolute Gasteiger partial charge is 0.169 e. The molecule has 0 unspecified atom stereocenters. The molecule has 2 rings (SSSR count). The number of hydrogen-bond acceptors (Lipinski definition) is 6. The van der Waals surface area contributed by atoms with Crippen LogP contribution in [0.1, 0.15) is 22.2 Å². The minimum Gasteiger partial charge on any atom is -0.396 e. The van der Waals surface area contributed by atoms with Crippen molar-refractivity contribution >= 4 is 22.8 Å². The third-order valence-electron chi connectivity index (χ3n) is 2.96. The molecule has 0 aliphatic rings. The molecule has 0 atom stereocenters. The molecule has 106 valence electrons. The molecule has 6 heteroatoms. The van der Waals surface area contributed by atoms with Gasteiger partial charge >= 0.3 is 0 Å². The van der Waals surface area contributed by atoms with Crippen LogP contribution in [0.4, 0.5) is 0 Å². The maximum atomic E-state index is 11.3. The molecule has 0 spiro atoms. The van der Waals surface area contributed by atoms with E-state index in [1.807, 2.05) is 42.5 Å². The monoisotopic (exact) mass is 298 g/mol. The van der Waals surface area contributed by atoms with Crippen molar-refractivity contribution in [1.82, 2.24) is 5.43 Å². The van der Waals surface area contributed by atoms with Crippen molar-refractivity contribution in [3.8, 4) is 16.5 Å². The molecule has 0 fully saturated rings. The first kappa shape index (κ1) is 14.8. The number of hydrogen-bond donors (Lipinski definition) is 3. The lowest BCUT2D eigenvalue weighted by Gasteiger charge is -2.06. The number of benzene rings is 1. The van der Waals surface area contributed by atoms with Crippen molar-refractivity contribution in [3.05, 3.63) is 52.5 Å². The van der Waals surface area contributed by atoms with Gasteiger partial charge in [0, 0.05) is 10.4 Å². The molecular weight excluding hydrogens is 284 g/mol. The number of ketones is 1. The second-order valence-electron chi connectivity index (χ2n) is 4.34. The van der Waals surface area contributed by atoms with E-state index >= 15 is 0 Å². The van der Waals surface area contributed by atoms with Crippen LogP contribution in [-0.4, -0.2) is 5.78 Å². The predicted molar refractivity (Wildman–Crippen MR) is 83.8 cm³/mol. The molecule has 0 saturated heterocycles. The Morgan fingerprint density at radius 1 is 1.24 bits per heavy atom. The summed E-state index contributed by atoms with van der Waals surface area (Å²) in [6.45, 7) is 1.55. The Morgan fingerprint density at radius 2 is 1.90 bits per heavy atom. The first-order valence-corrected chi connectivity index (χ1v) is 6.96. The van der Waals surface area contributed by atoms with Gasteiger partial charge in [-0.1, -0.05) is 24.3 Å². The van der Waals surface area contributed by atoms with Gasteiger partial charge in [0.1, 0.15) is 6.07 Å². The van der Waals surface area contributed by atoms with Gasteiger partial charge in [0.2, 0.25) is 0 Å². The van der Waals surface area contributed by atoms with E-state index in [-0.39, 0.29) is 11.5 Å². The molecule has 1 aromatic heterocycles. The fourth-order valence-corrected chi connectivity index (χ4v) is 2.72. The Labute approximate surface area is 126 Å². The number of carbonyl (C=O) groups is 1. The number of hydrazine groups is 1. The quantitative estimate of drug-likeness (QED) is 0.347. The minimum atomic E-state index is 0.0581. The Morgan fingerprint density at radius 3 is 2.38 bits per heavy atom. The molecule has 0 amide bonds. The predicted octanol–water partition coefficient (Wildman–Crippen LogP) is 2.23. The SMILES string of the molecule is CC(=O)c1ccc(-c2ccc(/C(N)=C(\C#N)NN)cc2)s1. The van der Waals surface area contributed by atoms with Gasteiger partial charge in [0.25, 0.3) is 0 Å². The fraction of sp³-hybridized carbons (Fsp3) is 0.0667. The molecule has 1 aromatic carbocycles. The van der Waals surface area contributed by atoms with Crippen LogP contribution >= 0.6 is 11.3 Å². The molecule has 21 heavy (non-hydrogen) atoms. The van der Waals surface area contributed by atoms with E-state index in [4.69, 9.17) is 16.8 Å². The first-order valence-electron chi connectivity index (χ1n) is 6.15. The molecule has 0 aliphatic heterocycles. The van der Waals surface area contributed by atoms with Gasteiger partial charge in [-0.25, -0.2) is 5.84 Å². The highest BCUT2D eigenvalue weighted by Crippen LogP contribution is 2.29. The Bertz CT molecular complexity index is 738. The number of nitrogens with two attached hydrogens (primary N) is 2. The number of nitrogens with one attached hydrogen (secondary N) is 1. The summed E-state index contributed by atoms with van der Waals surface area (Å²) in [4.78, 5) is 13.0. The summed E-state index contributed by atoms with van der Waals surface area (Å²) < 4.78 is 0. The largest absolute Gasteiger partial charge is 0.396 e. The molecule has 0 bridgehead atoms. The number of nitrogens with zero attached hydrogens (tertiary/aromatic N) is 1. The number of carbonyl (C=O) groups excluding carboxylic acids is 1. The molecule has 2 aromatic rings. The molecule has 0 saturated carbocycles. The topological polar surface area (TPSA) is 105 Å². The van der Waals surface area contributed by atoms with Crippen LogP contribution in [0.2, 0.25) is 0 Å². The summed E-state index contributed by atoms with van der Waals surface area (Å²) in [6.07, 6.45) is 0. The van der Waals surface area contributed by atoms with Crippen molar-refractivity contribution in [2.75, 3.05) is 0 Å². The average Bonchev–Trinajstić information content (AvgIpc) is 2.98. The van der Waals surface area contributed by atoms with E-state index in [1.54, 1.807) is 6.92 Å². The molecular formula is C15H14N4OS. The summed E-state index contributed by atoms with van der Waals surface area (Å²) in [5.41, 5.74) is 10.2. The van der Waals surface area contributed by atoms with E-state index in [9.17, 15) is 4.79 Å². The third kappa shape index (κ3) is 3.11. The van der Waals surface area contributed by atoms with Gasteiger partial charge in [-0.3, -0.25) is 4.79 Å². The average molecular weight is 298 g/mol. The molecule has 1 heterocycles. The van der Waals surface area contributed by atoms with Gasteiger partial charge < -0.3 is 11.2 Å². The van der Waals surface area contributed by atoms with Gasteiger partial charge in [-0.15, -0.1) is 11.3 Å². The number of Topliss-reactive ketones (excluding diaryl/α,β-unsaturated/α-hetero) is 1. The maximum absolute atomic E-state index is 11.3. The lowest BCUT2D eigenvalue weighted by atomic mass is 10.1. The summed E-state index contributed by atoms with van der Waals surface area (Å²) in [5, 5.41) is 8.88. The van der Waals surface area contributed by atoms with Gasteiger partial charge in [-0.2, -0.15) is 5.26 Å². The zero-order chi connectivity index (χ0) is 15.4. The van der Waals surface area contributed by atoms with Crippen molar-refractivity contribution in [3.63, 3.8) is 0 Å². The lowest BCUT2D eigenvalue weighted by molar-refractivity contribution is 0.102. The minimum absolute atomic E-state index is 0.0581. The standard InChI is InChI=1S/C15H14N4OS/c1-9(20)13-6-7-14(21-13)10-2-4-11(5-3-10)15(17)12(8-16)19-18/h2-7,19H,17-18H2,1H3/b15-12-. The van der Waals surface area contributed by atoms with Crippen LogP contribution in [0.3, 0.4) is 0 Å².